The number of fused-ring (bicyclic) bond motifs is 1. The highest BCUT2D eigenvalue weighted by Gasteiger charge is 2.27. The minimum absolute atomic E-state index is 0.0780. The second-order valence-electron chi connectivity index (χ2n) is 9.09. The number of amides is 1. The molecule has 0 radical (unpaired) electrons. The molecule has 3 aromatic rings. The fourth-order valence-corrected chi connectivity index (χ4v) is 5.34. The largest absolute Gasteiger partial charge is 0.393 e. The lowest BCUT2D eigenvalue weighted by Gasteiger charge is -2.35. The Hall–Kier alpha value is -2.42. The molecule has 0 aliphatic carbocycles. The zero-order chi connectivity index (χ0) is 23.9. The van der Waals surface area contributed by atoms with Crippen molar-refractivity contribution in [3.05, 3.63) is 72.9 Å². The molecule has 1 atom stereocenters. The number of aliphatic hydroxyl groups excluding tert-OH is 1. The van der Waals surface area contributed by atoms with Gasteiger partial charge in [-0.1, -0.05) is 0 Å². The van der Waals surface area contributed by atoms with Crippen molar-refractivity contribution in [2.24, 2.45) is 0 Å². The Kier molecular flexibility index (Phi) is 6.79. The highest BCUT2D eigenvalue weighted by atomic mass is 79.9. The van der Waals surface area contributed by atoms with E-state index in [4.69, 9.17) is 0 Å². The number of nitrogens with zero attached hydrogens (tertiary/aromatic N) is 2. The molecule has 1 saturated heterocycles. The van der Waals surface area contributed by atoms with Crippen molar-refractivity contribution in [1.82, 2.24) is 19.6 Å². The quantitative estimate of drug-likeness (QED) is 0.483. The topological polar surface area (TPSA) is 89.8 Å². The highest BCUT2D eigenvalue weighted by molar-refractivity contribution is 9.10. The SMILES string of the molecule is Cc1cc(C)c(CNC(=O)c2cc3cc(Br)cn3c(C(C)N3CCC(O)CC3)c2C)c(=O)[nH]1. The van der Waals surface area contributed by atoms with Crippen LogP contribution < -0.4 is 10.9 Å². The lowest BCUT2D eigenvalue weighted by molar-refractivity contribution is 0.0632. The predicted molar refractivity (Wildman–Crippen MR) is 133 cm³/mol. The lowest BCUT2D eigenvalue weighted by atomic mass is 9.98. The van der Waals surface area contributed by atoms with Gasteiger partial charge >= 0.3 is 0 Å². The summed E-state index contributed by atoms with van der Waals surface area (Å²) in [4.78, 5) is 30.8. The number of carbonyl (C=O) groups is 1. The van der Waals surface area contributed by atoms with Crippen LogP contribution in [0, 0.1) is 20.8 Å². The molecule has 176 valence electrons. The van der Waals surface area contributed by atoms with Crippen LogP contribution >= 0.6 is 15.9 Å². The van der Waals surface area contributed by atoms with Crippen molar-refractivity contribution in [2.75, 3.05) is 13.1 Å². The normalized spacial score (nSPS) is 16.3. The van der Waals surface area contributed by atoms with Crippen molar-refractivity contribution in [2.45, 2.75) is 59.2 Å². The van der Waals surface area contributed by atoms with E-state index in [1.54, 1.807) is 0 Å². The number of aryl methyl sites for hydroxylation is 2. The number of aromatic amines is 1. The number of carbonyl (C=O) groups excluding carboxylic acids is 1. The van der Waals surface area contributed by atoms with Gasteiger partial charge in [-0.05, 0) is 85.8 Å². The van der Waals surface area contributed by atoms with E-state index in [-0.39, 0.29) is 30.2 Å². The molecule has 0 bridgehead atoms. The zero-order valence-corrected chi connectivity index (χ0v) is 21.1. The monoisotopic (exact) mass is 514 g/mol. The molecule has 7 nitrogen and oxygen atoms in total. The number of H-pyrrole nitrogens is 1. The fraction of sp³-hybridized carbons (Fsp3) is 0.440. The van der Waals surface area contributed by atoms with Crippen LogP contribution in [-0.2, 0) is 6.54 Å². The second kappa shape index (κ2) is 9.44. The molecule has 1 amide bonds. The first-order valence-electron chi connectivity index (χ1n) is 11.4. The van der Waals surface area contributed by atoms with Crippen LogP contribution in [0.1, 0.15) is 64.2 Å². The van der Waals surface area contributed by atoms with Crippen LogP contribution in [0.15, 0.2) is 33.7 Å². The molecule has 0 saturated carbocycles. The third-order valence-electron chi connectivity index (χ3n) is 6.76. The Morgan fingerprint density at radius 1 is 1.24 bits per heavy atom. The minimum atomic E-state index is -0.235. The van der Waals surface area contributed by atoms with Gasteiger partial charge in [-0.25, -0.2) is 0 Å². The fourth-order valence-electron chi connectivity index (χ4n) is 4.90. The molecular formula is C25H31BrN4O3. The van der Waals surface area contributed by atoms with Gasteiger partial charge < -0.3 is 19.8 Å². The first kappa shape index (κ1) is 23.7. The third-order valence-corrected chi connectivity index (χ3v) is 7.20. The summed E-state index contributed by atoms with van der Waals surface area (Å²) >= 11 is 3.57. The summed E-state index contributed by atoms with van der Waals surface area (Å²) in [5, 5.41) is 12.9. The maximum atomic E-state index is 13.3. The van der Waals surface area contributed by atoms with E-state index in [9.17, 15) is 14.7 Å². The Morgan fingerprint density at radius 2 is 1.94 bits per heavy atom. The average molecular weight is 515 g/mol. The molecule has 3 aromatic heterocycles. The standard InChI is InChI=1S/C25H31BrN4O3/c1-14-9-15(2)28-25(33)22(14)12-27-24(32)21-11-19-10-18(26)13-30(19)23(16(21)3)17(4)29-7-5-20(31)6-8-29/h9-11,13,17,20,31H,5-8,12H2,1-4H3,(H,27,32)(H,28,33). The molecule has 4 heterocycles. The summed E-state index contributed by atoms with van der Waals surface area (Å²) in [6.07, 6.45) is 3.31. The van der Waals surface area contributed by atoms with Crippen LogP contribution in [0.2, 0.25) is 0 Å². The summed E-state index contributed by atoms with van der Waals surface area (Å²) in [6, 6.07) is 5.89. The van der Waals surface area contributed by atoms with Crippen molar-refractivity contribution in [3.8, 4) is 0 Å². The molecule has 3 N–H and O–H groups in total. The van der Waals surface area contributed by atoms with Gasteiger partial charge in [0.2, 0.25) is 0 Å². The second-order valence-corrected chi connectivity index (χ2v) is 10.0. The van der Waals surface area contributed by atoms with Crippen LogP contribution in [0.25, 0.3) is 5.52 Å². The van der Waals surface area contributed by atoms with E-state index in [1.807, 2.05) is 45.2 Å². The Labute approximate surface area is 201 Å². The highest BCUT2D eigenvalue weighted by Crippen LogP contribution is 2.31. The van der Waals surface area contributed by atoms with E-state index in [0.717, 1.165) is 58.4 Å². The number of hydrogen-bond acceptors (Lipinski definition) is 4. The van der Waals surface area contributed by atoms with Gasteiger partial charge in [-0.15, -0.1) is 0 Å². The number of halogens is 1. The smallest absolute Gasteiger partial charge is 0.253 e. The Balaban J connectivity index is 1.67. The van der Waals surface area contributed by atoms with E-state index in [2.05, 4.69) is 42.5 Å². The maximum absolute atomic E-state index is 13.3. The molecule has 0 spiro atoms. The van der Waals surface area contributed by atoms with E-state index in [1.165, 1.54) is 0 Å². The number of aliphatic hydroxyl groups is 1. The first-order valence-corrected chi connectivity index (χ1v) is 12.2. The van der Waals surface area contributed by atoms with Gasteiger partial charge in [-0.3, -0.25) is 14.5 Å². The number of pyridine rings is 2. The molecule has 4 rings (SSSR count). The lowest BCUT2D eigenvalue weighted by Crippen LogP contribution is -2.38. The number of hydrogen-bond donors (Lipinski definition) is 3. The third kappa shape index (κ3) is 4.78. The Bertz CT molecular complexity index is 1250. The molecule has 1 unspecified atom stereocenters. The summed E-state index contributed by atoms with van der Waals surface area (Å²) in [6.45, 7) is 9.67. The number of rotatable bonds is 5. The van der Waals surface area contributed by atoms with Crippen LogP contribution in [0.3, 0.4) is 0 Å². The van der Waals surface area contributed by atoms with Gasteiger partial charge in [0.15, 0.2) is 0 Å². The molecule has 33 heavy (non-hydrogen) atoms. The van der Waals surface area contributed by atoms with E-state index in [0.29, 0.717) is 11.1 Å². The molecule has 1 fully saturated rings. The maximum Gasteiger partial charge on any atom is 0.253 e. The number of aromatic nitrogens is 2. The molecule has 8 heteroatoms. The summed E-state index contributed by atoms with van der Waals surface area (Å²) in [5.41, 5.74) is 5.57. The van der Waals surface area contributed by atoms with E-state index < -0.39 is 0 Å². The van der Waals surface area contributed by atoms with E-state index >= 15 is 0 Å². The summed E-state index contributed by atoms with van der Waals surface area (Å²) in [5.74, 6) is -0.200. The predicted octanol–water partition coefficient (Wildman–Crippen LogP) is 3.76. The Morgan fingerprint density at radius 3 is 2.61 bits per heavy atom. The van der Waals surface area contributed by atoms with Gasteiger partial charge in [-0.2, -0.15) is 0 Å². The summed E-state index contributed by atoms with van der Waals surface area (Å²) in [7, 11) is 0. The van der Waals surface area contributed by atoms with Gasteiger partial charge in [0.05, 0.1) is 6.10 Å². The summed E-state index contributed by atoms with van der Waals surface area (Å²) < 4.78 is 3.09. The van der Waals surface area contributed by atoms with Crippen LogP contribution in [-0.4, -0.2) is 44.5 Å². The minimum Gasteiger partial charge on any atom is -0.393 e. The van der Waals surface area contributed by atoms with Crippen molar-refractivity contribution in [1.29, 1.82) is 0 Å². The molecule has 1 aliphatic heterocycles. The molecule has 0 aromatic carbocycles. The number of nitrogens with one attached hydrogen (secondary N) is 2. The van der Waals surface area contributed by atoms with Crippen LogP contribution in [0.4, 0.5) is 0 Å². The van der Waals surface area contributed by atoms with Gasteiger partial charge in [0.25, 0.3) is 11.5 Å². The van der Waals surface area contributed by atoms with Crippen molar-refractivity contribution in [3.63, 3.8) is 0 Å². The number of likely N-dealkylation sites (tertiary alicyclic amines) is 1. The average Bonchev–Trinajstić information content (AvgIpc) is 3.12. The molecular weight excluding hydrogens is 484 g/mol. The van der Waals surface area contributed by atoms with Crippen molar-refractivity contribution >= 4 is 27.4 Å². The van der Waals surface area contributed by atoms with Gasteiger partial charge in [0.1, 0.15) is 0 Å². The zero-order valence-electron chi connectivity index (χ0n) is 19.5. The van der Waals surface area contributed by atoms with Crippen LogP contribution in [0.5, 0.6) is 0 Å². The number of piperidine rings is 1. The first-order chi connectivity index (χ1) is 15.7. The van der Waals surface area contributed by atoms with Crippen molar-refractivity contribution < 1.29 is 9.90 Å². The molecule has 1 aliphatic rings. The van der Waals surface area contributed by atoms with Gasteiger partial charge in [0, 0.05) is 64.4 Å².